The Kier molecular flexibility index (Phi) is 8.97. The van der Waals surface area contributed by atoms with Crippen LogP contribution in [0, 0.1) is 5.82 Å². The summed E-state index contributed by atoms with van der Waals surface area (Å²) >= 11 is 6.09. The fourth-order valence-corrected chi connectivity index (χ4v) is 4.61. The van der Waals surface area contributed by atoms with E-state index in [9.17, 15) is 22.4 Å². The number of hydrogen-bond donors (Lipinski definition) is 2. The molecule has 7 nitrogen and oxygen atoms in total. The number of benzene rings is 2. The first kappa shape index (κ1) is 24.8. The molecular weight excluding hydrogens is 445 g/mol. The molecule has 0 saturated heterocycles. The molecule has 2 amide bonds. The Bertz CT molecular complexity index is 1040. The van der Waals surface area contributed by atoms with Crippen molar-refractivity contribution in [3.63, 3.8) is 0 Å². The number of amides is 2. The average molecular weight is 470 g/mol. The van der Waals surface area contributed by atoms with E-state index in [1.54, 1.807) is 19.9 Å². The summed E-state index contributed by atoms with van der Waals surface area (Å²) in [5, 5.41) is 5.34. The zero-order valence-corrected chi connectivity index (χ0v) is 18.9. The van der Waals surface area contributed by atoms with Gasteiger partial charge in [-0.1, -0.05) is 37.6 Å². The predicted octanol–water partition coefficient (Wildman–Crippen LogP) is 2.60. The molecule has 0 saturated carbocycles. The lowest BCUT2D eigenvalue weighted by atomic mass is 10.1. The molecule has 0 heterocycles. The molecule has 0 bridgehead atoms. The maximum Gasteiger partial charge on any atom is 0.252 e. The van der Waals surface area contributed by atoms with Crippen molar-refractivity contribution < 1.29 is 22.4 Å². The molecular formula is C21H25ClFN3O4S. The zero-order chi connectivity index (χ0) is 23.0. The van der Waals surface area contributed by atoms with Gasteiger partial charge in [-0.3, -0.25) is 9.59 Å². The van der Waals surface area contributed by atoms with Crippen molar-refractivity contribution in [1.82, 2.24) is 14.9 Å². The molecule has 2 N–H and O–H groups in total. The summed E-state index contributed by atoms with van der Waals surface area (Å²) in [6.07, 6.45) is 0.0167. The highest BCUT2D eigenvalue weighted by molar-refractivity contribution is 7.89. The molecule has 0 aliphatic heterocycles. The number of rotatable bonds is 10. The summed E-state index contributed by atoms with van der Waals surface area (Å²) in [7, 11) is -3.73. The minimum atomic E-state index is -3.73. The second-order valence-corrected chi connectivity index (χ2v) is 8.99. The van der Waals surface area contributed by atoms with Gasteiger partial charge in [-0.05, 0) is 35.9 Å². The Morgan fingerprint density at radius 2 is 1.71 bits per heavy atom. The van der Waals surface area contributed by atoms with Crippen LogP contribution < -0.4 is 10.6 Å². The number of carbonyl (C=O) groups excluding carboxylic acids is 2. The zero-order valence-electron chi connectivity index (χ0n) is 17.3. The van der Waals surface area contributed by atoms with E-state index in [1.165, 1.54) is 40.7 Å². The normalized spacial score (nSPS) is 11.4. The van der Waals surface area contributed by atoms with Gasteiger partial charge in [0.1, 0.15) is 5.82 Å². The summed E-state index contributed by atoms with van der Waals surface area (Å²) in [4.78, 5) is 24.4. The van der Waals surface area contributed by atoms with Gasteiger partial charge in [-0.25, -0.2) is 12.8 Å². The van der Waals surface area contributed by atoms with Crippen LogP contribution in [0.1, 0.15) is 29.8 Å². The van der Waals surface area contributed by atoms with Gasteiger partial charge < -0.3 is 10.6 Å². The molecule has 2 rings (SSSR count). The highest BCUT2D eigenvalue weighted by Gasteiger charge is 2.23. The summed E-state index contributed by atoms with van der Waals surface area (Å²) in [5.74, 6) is -1.29. The van der Waals surface area contributed by atoms with Crippen LogP contribution in [0.3, 0.4) is 0 Å². The molecule has 0 radical (unpaired) electrons. The second kappa shape index (κ2) is 11.2. The van der Waals surface area contributed by atoms with E-state index in [2.05, 4.69) is 10.6 Å². The fraction of sp³-hybridized carbons (Fsp3) is 0.333. The van der Waals surface area contributed by atoms with E-state index in [1.807, 2.05) is 0 Å². The molecule has 2 aromatic rings. The molecule has 0 aliphatic carbocycles. The third kappa shape index (κ3) is 6.75. The number of nitrogens with zero attached hydrogens (tertiary/aromatic N) is 1. The number of nitrogens with one attached hydrogen (secondary N) is 2. The summed E-state index contributed by atoms with van der Waals surface area (Å²) < 4.78 is 39.8. The first-order valence-electron chi connectivity index (χ1n) is 9.78. The molecule has 0 atom stereocenters. The molecule has 31 heavy (non-hydrogen) atoms. The predicted molar refractivity (Wildman–Crippen MR) is 117 cm³/mol. The lowest BCUT2D eigenvalue weighted by Crippen LogP contribution is -2.35. The molecule has 168 valence electrons. The van der Waals surface area contributed by atoms with E-state index in [4.69, 9.17) is 11.6 Å². The van der Waals surface area contributed by atoms with Crippen molar-refractivity contribution in [3.8, 4) is 0 Å². The largest absolute Gasteiger partial charge is 0.354 e. The lowest BCUT2D eigenvalue weighted by Gasteiger charge is -2.19. The van der Waals surface area contributed by atoms with Crippen LogP contribution in [0.2, 0.25) is 5.02 Å². The second-order valence-electron chi connectivity index (χ2n) is 6.64. The molecule has 2 aromatic carbocycles. The van der Waals surface area contributed by atoms with Crippen LogP contribution in [0.4, 0.5) is 4.39 Å². The molecule has 0 spiro atoms. The summed E-state index contributed by atoms with van der Waals surface area (Å²) in [5.41, 5.74) is 0.570. The van der Waals surface area contributed by atoms with E-state index < -0.39 is 21.7 Å². The van der Waals surface area contributed by atoms with Gasteiger partial charge in [-0.2, -0.15) is 4.31 Å². The maximum atomic E-state index is 13.2. The molecule has 10 heteroatoms. The number of carbonyl (C=O) groups is 2. The number of halogens is 2. The third-order valence-corrected chi connectivity index (χ3v) is 6.89. The van der Waals surface area contributed by atoms with Gasteiger partial charge in [0.25, 0.3) is 5.91 Å². The van der Waals surface area contributed by atoms with E-state index in [-0.39, 0.29) is 40.9 Å². The van der Waals surface area contributed by atoms with Crippen LogP contribution in [-0.2, 0) is 21.2 Å². The fourth-order valence-electron chi connectivity index (χ4n) is 2.92. The molecule has 0 aliphatic rings. The van der Waals surface area contributed by atoms with Gasteiger partial charge >= 0.3 is 0 Å². The average Bonchev–Trinajstić information content (AvgIpc) is 2.72. The van der Waals surface area contributed by atoms with Crippen LogP contribution in [-0.4, -0.2) is 50.7 Å². The topological polar surface area (TPSA) is 95.6 Å². The Labute approximate surface area is 186 Å². The minimum absolute atomic E-state index is 0.0167. The smallest absolute Gasteiger partial charge is 0.252 e. The monoisotopic (exact) mass is 469 g/mol. The highest BCUT2D eigenvalue weighted by Crippen LogP contribution is 2.23. The lowest BCUT2D eigenvalue weighted by molar-refractivity contribution is -0.120. The van der Waals surface area contributed by atoms with Crippen molar-refractivity contribution in [3.05, 3.63) is 64.4 Å². The summed E-state index contributed by atoms with van der Waals surface area (Å²) in [6, 6.07) is 9.72. The Morgan fingerprint density at radius 1 is 1.03 bits per heavy atom. The minimum Gasteiger partial charge on any atom is -0.354 e. The SMILES string of the molecule is CCN(CC)S(=O)(=O)c1ccc(Cl)c(C(=O)NCCNC(=O)Cc2cccc(F)c2)c1. The van der Waals surface area contributed by atoms with E-state index in [0.717, 1.165) is 0 Å². The van der Waals surface area contributed by atoms with E-state index in [0.29, 0.717) is 18.7 Å². The van der Waals surface area contributed by atoms with Gasteiger partial charge in [0.05, 0.1) is 21.9 Å². The van der Waals surface area contributed by atoms with Gasteiger partial charge in [-0.15, -0.1) is 0 Å². The van der Waals surface area contributed by atoms with Crippen LogP contribution >= 0.6 is 11.6 Å². The quantitative estimate of drug-likeness (QED) is 0.523. The van der Waals surface area contributed by atoms with Crippen molar-refractivity contribution >= 4 is 33.4 Å². The highest BCUT2D eigenvalue weighted by atomic mass is 35.5. The third-order valence-electron chi connectivity index (χ3n) is 4.51. The maximum absolute atomic E-state index is 13.2. The molecule has 0 unspecified atom stereocenters. The Morgan fingerprint density at radius 3 is 2.35 bits per heavy atom. The van der Waals surface area contributed by atoms with Crippen LogP contribution in [0.5, 0.6) is 0 Å². The van der Waals surface area contributed by atoms with Crippen LogP contribution in [0.15, 0.2) is 47.4 Å². The molecule has 0 aromatic heterocycles. The number of sulfonamides is 1. The van der Waals surface area contributed by atoms with Crippen molar-refractivity contribution in [1.29, 1.82) is 0 Å². The summed E-state index contributed by atoms with van der Waals surface area (Å²) in [6.45, 7) is 4.32. The number of hydrogen-bond acceptors (Lipinski definition) is 4. The van der Waals surface area contributed by atoms with Gasteiger partial charge in [0, 0.05) is 26.2 Å². The standard InChI is InChI=1S/C21H25ClFN3O4S/c1-3-26(4-2)31(29,30)17-8-9-19(22)18(14-17)21(28)25-11-10-24-20(27)13-15-6-5-7-16(23)12-15/h5-9,12,14H,3-4,10-11,13H2,1-2H3,(H,24,27)(H,25,28). The first-order valence-corrected chi connectivity index (χ1v) is 11.6. The van der Waals surface area contributed by atoms with Gasteiger partial charge in [0.15, 0.2) is 0 Å². The van der Waals surface area contributed by atoms with E-state index >= 15 is 0 Å². The van der Waals surface area contributed by atoms with Crippen molar-refractivity contribution in [2.75, 3.05) is 26.2 Å². The Balaban J connectivity index is 1.94. The Hall–Kier alpha value is -2.49. The van der Waals surface area contributed by atoms with Crippen molar-refractivity contribution in [2.45, 2.75) is 25.2 Å². The first-order chi connectivity index (χ1) is 14.7. The molecule has 0 fully saturated rings. The van der Waals surface area contributed by atoms with Crippen LogP contribution in [0.25, 0.3) is 0 Å². The van der Waals surface area contributed by atoms with Gasteiger partial charge in [0.2, 0.25) is 15.9 Å². The van der Waals surface area contributed by atoms with Crippen molar-refractivity contribution in [2.24, 2.45) is 0 Å².